The van der Waals surface area contributed by atoms with Crippen LogP contribution in [0.4, 0.5) is 19.0 Å². The van der Waals surface area contributed by atoms with Crippen LogP contribution in [-0.2, 0) is 13.1 Å². The lowest BCUT2D eigenvalue weighted by Crippen LogP contribution is -2.50. The number of aromatic nitrogens is 2. The van der Waals surface area contributed by atoms with Crippen LogP contribution in [0.5, 0.6) is 11.8 Å². The standard InChI is InChI=1S/C15H15F3N4O5/c16-15(17,18)27-10-3-1-9(2-4-10)5-19-11-6-21-7-13(22(24)25)20-14(21)26-12(11)8-23/h1-4,7,11-12,19,23H,5-6,8H2/t11-,12-/m0/s1. The summed E-state index contributed by atoms with van der Waals surface area (Å²) in [6.45, 7) is 0.219. The SMILES string of the molecule is O=[N+]([O-])c1cn2c(n1)O[C@@H](CO)[C@@H](NCc1ccc(OC(F)(F)F)cc1)C2. The van der Waals surface area contributed by atoms with Gasteiger partial charge in [-0.15, -0.1) is 13.2 Å². The zero-order valence-corrected chi connectivity index (χ0v) is 13.7. The highest BCUT2D eigenvalue weighted by Crippen LogP contribution is 2.25. The second-order valence-corrected chi connectivity index (χ2v) is 5.81. The molecule has 1 aromatic carbocycles. The van der Waals surface area contributed by atoms with E-state index in [1.165, 1.54) is 35.0 Å². The number of halogens is 3. The molecule has 2 atom stereocenters. The van der Waals surface area contributed by atoms with E-state index in [9.17, 15) is 28.4 Å². The number of nitro groups is 1. The highest BCUT2D eigenvalue weighted by atomic mass is 19.4. The van der Waals surface area contributed by atoms with E-state index in [4.69, 9.17) is 4.74 Å². The van der Waals surface area contributed by atoms with Crippen molar-refractivity contribution in [1.82, 2.24) is 14.9 Å². The Labute approximate surface area is 150 Å². The summed E-state index contributed by atoms with van der Waals surface area (Å²) >= 11 is 0. The minimum Gasteiger partial charge on any atom is -0.438 e. The summed E-state index contributed by atoms with van der Waals surface area (Å²) in [6.07, 6.45) is -4.19. The first-order valence-corrected chi connectivity index (χ1v) is 7.82. The van der Waals surface area contributed by atoms with Gasteiger partial charge in [0.25, 0.3) is 0 Å². The van der Waals surface area contributed by atoms with E-state index in [-0.39, 0.29) is 43.3 Å². The van der Waals surface area contributed by atoms with E-state index in [0.717, 1.165) is 0 Å². The molecule has 0 amide bonds. The number of fused-ring (bicyclic) bond motifs is 1. The lowest BCUT2D eigenvalue weighted by molar-refractivity contribution is -0.389. The molecule has 12 heteroatoms. The van der Waals surface area contributed by atoms with Crippen molar-refractivity contribution in [2.45, 2.75) is 31.6 Å². The van der Waals surface area contributed by atoms with Crippen LogP contribution in [0.1, 0.15) is 5.56 Å². The Morgan fingerprint density at radius 1 is 1.41 bits per heavy atom. The zero-order valence-electron chi connectivity index (χ0n) is 13.7. The molecule has 0 saturated heterocycles. The molecule has 0 fully saturated rings. The number of aliphatic hydroxyl groups excluding tert-OH is 1. The molecule has 0 unspecified atom stereocenters. The van der Waals surface area contributed by atoms with Crippen LogP contribution < -0.4 is 14.8 Å². The lowest BCUT2D eigenvalue weighted by Gasteiger charge is -2.30. The summed E-state index contributed by atoms with van der Waals surface area (Å²) in [5.41, 5.74) is 0.684. The number of nitrogens with one attached hydrogen (secondary N) is 1. The highest BCUT2D eigenvalue weighted by Gasteiger charge is 2.34. The van der Waals surface area contributed by atoms with Crippen LogP contribution in [0, 0.1) is 10.1 Å². The first-order chi connectivity index (χ1) is 12.7. The van der Waals surface area contributed by atoms with E-state index in [0.29, 0.717) is 5.56 Å². The van der Waals surface area contributed by atoms with Gasteiger partial charge in [-0.25, -0.2) is 0 Å². The number of rotatable bonds is 6. The third kappa shape index (κ3) is 4.65. The molecule has 0 aliphatic carbocycles. The van der Waals surface area contributed by atoms with Gasteiger partial charge in [0.05, 0.1) is 12.6 Å². The number of ether oxygens (including phenoxy) is 2. The van der Waals surface area contributed by atoms with Crippen molar-refractivity contribution in [3.63, 3.8) is 0 Å². The summed E-state index contributed by atoms with van der Waals surface area (Å²) < 4.78 is 47.2. The average molecular weight is 388 g/mol. The van der Waals surface area contributed by atoms with Gasteiger partial charge in [-0.3, -0.25) is 4.57 Å². The maximum Gasteiger partial charge on any atom is 0.573 e. The van der Waals surface area contributed by atoms with Crippen LogP contribution in [-0.4, -0.2) is 44.7 Å². The predicted molar refractivity (Wildman–Crippen MR) is 84.1 cm³/mol. The molecule has 2 heterocycles. The quantitative estimate of drug-likeness (QED) is 0.571. The van der Waals surface area contributed by atoms with Crippen molar-refractivity contribution in [2.24, 2.45) is 0 Å². The molecule has 9 nitrogen and oxygen atoms in total. The van der Waals surface area contributed by atoms with E-state index < -0.39 is 17.4 Å². The van der Waals surface area contributed by atoms with Crippen molar-refractivity contribution < 1.29 is 32.7 Å². The number of hydrogen-bond acceptors (Lipinski definition) is 7. The smallest absolute Gasteiger partial charge is 0.438 e. The molecular formula is C15H15F3N4O5. The molecular weight excluding hydrogens is 373 g/mol. The third-order valence-electron chi connectivity index (χ3n) is 3.92. The molecule has 1 aromatic heterocycles. The number of imidazole rings is 1. The molecule has 2 N–H and O–H groups in total. The number of alkyl halides is 3. The first-order valence-electron chi connectivity index (χ1n) is 7.82. The molecule has 3 rings (SSSR count). The van der Waals surface area contributed by atoms with Gasteiger partial charge in [-0.1, -0.05) is 12.1 Å². The predicted octanol–water partition coefficient (Wildman–Crippen LogP) is 1.60. The normalized spacial score (nSPS) is 19.3. The molecule has 1 aliphatic heterocycles. The lowest BCUT2D eigenvalue weighted by atomic mass is 10.1. The summed E-state index contributed by atoms with van der Waals surface area (Å²) in [7, 11) is 0. The topological polar surface area (TPSA) is 112 Å². The Kier molecular flexibility index (Phi) is 5.19. The Morgan fingerprint density at radius 3 is 2.70 bits per heavy atom. The fourth-order valence-electron chi connectivity index (χ4n) is 2.66. The zero-order chi connectivity index (χ0) is 19.6. The van der Waals surface area contributed by atoms with Gasteiger partial charge in [0.1, 0.15) is 18.1 Å². The van der Waals surface area contributed by atoms with Gasteiger partial charge in [0.15, 0.2) is 0 Å². The van der Waals surface area contributed by atoms with E-state index >= 15 is 0 Å². The highest BCUT2D eigenvalue weighted by molar-refractivity contribution is 5.27. The van der Waals surface area contributed by atoms with Crippen LogP contribution in [0.3, 0.4) is 0 Å². The fraction of sp³-hybridized carbons (Fsp3) is 0.400. The summed E-state index contributed by atoms with van der Waals surface area (Å²) in [4.78, 5) is 13.9. The van der Waals surface area contributed by atoms with Crippen LogP contribution >= 0.6 is 0 Å². The number of aliphatic hydroxyl groups is 1. The van der Waals surface area contributed by atoms with Crippen molar-refractivity contribution in [1.29, 1.82) is 0 Å². The third-order valence-corrected chi connectivity index (χ3v) is 3.92. The molecule has 0 spiro atoms. The maximum atomic E-state index is 12.2. The second-order valence-electron chi connectivity index (χ2n) is 5.81. The van der Waals surface area contributed by atoms with Gasteiger partial charge in [0.2, 0.25) is 0 Å². The van der Waals surface area contributed by atoms with Crippen LogP contribution in [0.2, 0.25) is 0 Å². The van der Waals surface area contributed by atoms with Gasteiger partial charge in [-0.05, 0) is 22.6 Å². The molecule has 146 valence electrons. The fourth-order valence-corrected chi connectivity index (χ4v) is 2.66. The van der Waals surface area contributed by atoms with E-state index in [2.05, 4.69) is 15.0 Å². The van der Waals surface area contributed by atoms with Gasteiger partial charge in [-0.2, -0.15) is 0 Å². The van der Waals surface area contributed by atoms with Gasteiger partial charge >= 0.3 is 18.2 Å². The molecule has 2 aromatic rings. The van der Waals surface area contributed by atoms with Crippen molar-refractivity contribution in [3.8, 4) is 11.8 Å². The Bertz CT molecular complexity index is 809. The maximum absolute atomic E-state index is 12.2. The molecule has 0 radical (unpaired) electrons. The Balaban J connectivity index is 1.63. The molecule has 0 bridgehead atoms. The summed E-state index contributed by atoms with van der Waals surface area (Å²) in [5, 5.41) is 23.4. The largest absolute Gasteiger partial charge is 0.573 e. The van der Waals surface area contributed by atoms with E-state index in [1.807, 2.05) is 0 Å². The minimum atomic E-state index is -4.75. The van der Waals surface area contributed by atoms with Gasteiger partial charge < -0.3 is 30.0 Å². The second kappa shape index (κ2) is 7.40. The monoisotopic (exact) mass is 388 g/mol. The number of benzene rings is 1. The number of hydrogen-bond donors (Lipinski definition) is 2. The Morgan fingerprint density at radius 2 is 2.11 bits per heavy atom. The van der Waals surface area contributed by atoms with Crippen LogP contribution in [0.15, 0.2) is 30.5 Å². The van der Waals surface area contributed by atoms with Crippen molar-refractivity contribution in [3.05, 3.63) is 46.1 Å². The number of nitrogens with zero attached hydrogens (tertiary/aromatic N) is 3. The molecule has 1 aliphatic rings. The van der Waals surface area contributed by atoms with Crippen molar-refractivity contribution >= 4 is 5.82 Å². The summed E-state index contributed by atoms with van der Waals surface area (Å²) in [6, 6.07) is 5.00. The van der Waals surface area contributed by atoms with Crippen LogP contribution in [0.25, 0.3) is 0 Å². The molecule has 0 saturated carbocycles. The van der Waals surface area contributed by atoms with E-state index in [1.54, 1.807) is 0 Å². The van der Waals surface area contributed by atoms with Gasteiger partial charge in [0, 0.05) is 18.1 Å². The molecule has 27 heavy (non-hydrogen) atoms. The average Bonchev–Trinajstić information content (AvgIpc) is 3.02. The summed E-state index contributed by atoms with van der Waals surface area (Å²) in [5.74, 6) is -0.682. The Hall–Kier alpha value is -2.86. The first kappa shape index (κ1) is 18.9. The van der Waals surface area contributed by atoms with Crippen molar-refractivity contribution in [2.75, 3.05) is 6.61 Å². The minimum absolute atomic E-state index is 0.0486.